The molecule has 1 amide bonds. The van der Waals surface area contributed by atoms with Gasteiger partial charge in [0.2, 0.25) is 5.91 Å². The van der Waals surface area contributed by atoms with E-state index in [4.69, 9.17) is 11.6 Å². The number of carbonyl (C=O) groups excluding carboxylic acids is 1. The normalized spacial score (nSPS) is 25.3. The van der Waals surface area contributed by atoms with Gasteiger partial charge in [0.25, 0.3) is 0 Å². The largest absolute Gasteiger partial charge is 0.336 e. The summed E-state index contributed by atoms with van der Waals surface area (Å²) in [6.07, 6.45) is 0. The zero-order chi connectivity index (χ0) is 8.27. The molecule has 3 nitrogen and oxygen atoms in total. The fourth-order valence-corrected chi connectivity index (χ4v) is 1.44. The van der Waals surface area contributed by atoms with Crippen molar-refractivity contribution in [3.63, 3.8) is 0 Å². The van der Waals surface area contributed by atoms with E-state index < -0.39 is 0 Å². The molecule has 1 aliphatic rings. The number of piperazine rings is 1. The van der Waals surface area contributed by atoms with Gasteiger partial charge >= 0.3 is 0 Å². The van der Waals surface area contributed by atoms with Crippen LogP contribution in [0.1, 0.15) is 6.92 Å². The average Bonchev–Trinajstić information content (AvgIpc) is 2.04. The fourth-order valence-electron chi connectivity index (χ4n) is 1.29. The molecule has 0 aromatic rings. The number of carbonyl (C=O) groups is 1. The van der Waals surface area contributed by atoms with Gasteiger partial charge in [0, 0.05) is 25.7 Å². The van der Waals surface area contributed by atoms with E-state index in [1.165, 1.54) is 0 Å². The van der Waals surface area contributed by atoms with Gasteiger partial charge in [0.05, 0.1) is 0 Å². The van der Waals surface area contributed by atoms with Crippen LogP contribution in [0.4, 0.5) is 0 Å². The van der Waals surface area contributed by atoms with Crippen LogP contribution >= 0.6 is 11.6 Å². The zero-order valence-corrected chi connectivity index (χ0v) is 7.40. The van der Waals surface area contributed by atoms with Crippen LogP contribution in [-0.4, -0.2) is 42.4 Å². The van der Waals surface area contributed by atoms with Crippen LogP contribution in [0, 0.1) is 0 Å². The van der Waals surface area contributed by atoms with Crippen LogP contribution in [0.25, 0.3) is 0 Å². The lowest BCUT2D eigenvalue weighted by atomic mass is 10.2. The molecule has 0 saturated carbocycles. The van der Waals surface area contributed by atoms with E-state index in [0.717, 1.165) is 19.6 Å². The third-order valence-corrected chi connectivity index (χ3v) is 2.16. The Labute approximate surface area is 71.7 Å². The second kappa shape index (κ2) is 3.93. The number of rotatable bonds is 1. The van der Waals surface area contributed by atoms with E-state index in [1.54, 1.807) is 0 Å². The number of alkyl halides is 1. The highest BCUT2D eigenvalue weighted by atomic mass is 35.5. The molecule has 1 aliphatic heterocycles. The maximum atomic E-state index is 11.1. The molecule has 64 valence electrons. The molecule has 1 N–H and O–H groups in total. The summed E-state index contributed by atoms with van der Waals surface area (Å²) in [6.45, 7) is 4.57. The summed E-state index contributed by atoms with van der Waals surface area (Å²) in [7, 11) is 0. The summed E-state index contributed by atoms with van der Waals surface area (Å²) in [5.41, 5.74) is 0. The molecular formula is C7H13ClN2O. The zero-order valence-electron chi connectivity index (χ0n) is 6.64. The summed E-state index contributed by atoms with van der Waals surface area (Å²) in [4.78, 5) is 13.0. The van der Waals surface area contributed by atoms with E-state index in [9.17, 15) is 4.79 Å². The van der Waals surface area contributed by atoms with Crippen LogP contribution in [0.15, 0.2) is 0 Å². The third-order valence-electron chi connectivity index (χ3n) is 1.94. The molecule has 1 saturated heterocycles. The number of amides is 1. The molecule has 0 spiro atoms. The highest BCUT2D eigenvalue weighted by Crippen LogP contribution is 2.02. The van der Waals surface area contributed by atoms with Gasteiger partial charge in [-0.25, -0.2) is 0 Å². The minimum atomic E-state index is 0.0423. The quantitative estimate of drug-likeness (QED) is 0.573. The van der Waals surface area contributed by atoms with Crippen molar-refractivity contribution in [3.8, 4) is 0 Å². The van der Waals surface area contributed by atoms with Gasteiger partial charge in [-0.1, -0.05) is 0 Å². The maximum Gasteiger partial charge on any atom is 0.237 e. The number of nitrogens with one attached hydrogen (secondary N) is 1. The predicted octanol–water partition coefficient (Wildman–Crippen LogP) is 0.0455. The van der Waals surface area contributed by atoms with Crippen molar-refractivity contribution in [1.29, 1.82) is 0 Å². The van der Waals surface area contributed by atoms with Crippen molar-refractivity contribution >= 4 is 17.5 Å². The molecule has 1 rings (SSSR count). The first kappa shape index (κ1) is 8.81. The molecular weight excluding hydrogens is 164 g/mol. The van der Waals surface area contributed by atoms with Crippen molar-refractivity contribution in [1.82, 2.24) is 10.2 Å². The van der Waals surface area contributed by atoms with E-state index in [-0.39, 0.29) is 17.8 Å². The Balaban J connectivity index is 2.47. The van der Waals surface area contributed by atoms with Crippen LogP contribution in [0.3, 0.4) is 0 Å². The molecule has 1 heterocycles. The average molecular weight is 177 g/mol. The monoisotopic (exact) mass is 176 g/mol. The molecule has 0 aromatic carbocycles. The van der Waals surface area contributed by atoms with Gasteiger partial charge in [-0.3, -0.25) is 4.79 Å². The molecule has 1 unspecified atom stereocenters. The number of halogens is 1. The van der Waals surface area contributed by atoms with E-state index in [2.05, 4.69) is 5.32 Å². The van der Waals surface area contributed by atoms with Crippen molar-refractivity contribution in [2.24, 2.45) is 0 Å². The lowest BCUT2D eigenvalue weighted by Crippen LogP contribution is -2.52. The number of hydrogen-bond donors (Lipinski definition) is 1. The molecule has 0 bridgehead atoms. The summed E-state index contributed by atoms with van der Waals surface area (Å²) in [5, 5.41) is 3.21. The minimum absolute atomic E-state index is 0.0423. The Kier molecular flexibility index (Phi) is 3.15. The number of hydrogen-bond acceptors (Lipinski definition) is 2. The van der Waals surface area contributed by atoms with Crippen LogP contribution in [0.5, 0.6) is 0 Å². The summed E-state index contributed by atoms with van der Waals surface area (Å²) < 4.78 is 0. The summed E-state index contributed by atoms with van der Waals surface area (Å²) >= 11 is 5.44. The Morgan fingerprint density at radius 3 is 3.09 bits per heavy atom. The summed E-state index contributed by atoms with van der Waals surface area (Å²) in [5.74, 6) is 0.144. The number of nitrogens with zero attached hydrogens (tertiary/aromatic N) is 1. The second-order valence-electron chi connectivity index (χ2n) is 2.77. The second-order valence-corrected chi connectivity index (χ2v) is 3.04. The Bertz CT molecular complexity index is 151. The molecule has 0 aliphatic carbocycles. The highest BCUT2D eigenvalue weighted by molar-refractivity contribution is 6.27. The highest BCUT2D eigenvalue weighted by Gasteiger charge is 2.21. The smallest absolute Gasteiger partial charge is 0.237 e. The Morgan fingerprint density at radius 2 is 2.55 bits per heavy atom. The Hall–Kier alpha value is -0.280. The molecule has 0 aromatic heterocycles. The fraction of sp³-hybridized carbons (Fsp3) is 0.857. The van der Waals surface area contributed by atoms with Crippen molar-refractivity contribution in [2.45, 2.75) is 13.0 Å². The molecule has 11 heavy (non-hydrogen) atoms. The predicted molar refractivity (Wildman–Crippen MR) is 44.8 cm³/mol. The first-order valence-electron chi connectivity index (χ1n) is 3.82. The van der Waals surface area contributed by atoms with Crippen LogP contribution in [-0.2, 0) is 4.79 Å². The van der Waals surface area contributed by atoms with E-state index in [1.807, 2.05) is 11.8 Å². The first-order valence-corrected chi connectivity index (χ1v) is 4.35. The van der Waals surface area contributed by atoms with Crippen LogP contribution < -0.4 is 5.32 Å². The SMILES string of the molecule is CC1CNCCN1C(=O)CCl. The Morgan fingerprint density at radius 1 is 1.82 bits per heavy atom. The minimum Gasteiger partial charge on any atom is -0.336 e. The summed E-state index contributed by atoms with van der Waals surface area (Å²) in [6, 6.07) is 0.287. The molecule has 1 atom stereocenters. The van der Waals surface area contributed by atoms with Gasteiger partial charge < -0.3 is 10.2 Å². The first-order chi connectivity index (χ1) is 5.25. The lowest BCUT2D eigenvalue weighted by molar-refractivity contribution is -0.131. The van der Waals surface area contributed by atoms with Gasteiger partial charge in [0.1, 0.15) is 5.88 Å². The van der Waals surface area contributed by atoms with Gasteiger partial charge in [-0.2, -0.15) is 0 Å². The van der Waals surface area contributed by atoms with Gasteiger partial charge in [-0.05, 0) is 6.92 Å². The maximum absolute atomic E-state index is 11.1. The van der Waals surface area contributed by atoms with Crippen molar-refractivity contribution in [2.75, 3.05) is 25.5 Å². The topological polar surface area (TPSA) is 32.3 Å². The van der Waals surface area contributed by atoms with Crippen LogP contribution in [0.2, 0.25) is 0 Å². The van der Waals surface area contributed by atoms with E-state index in [0.29, 0.717) is 0 Å². The lowest BCUT2D eigenvalue weighted by Gasteiger charge is -2.33. The van der Waals surface area contributed by atoms with Crippen molar-refractivity contribution in [3.05, 3.63) is 0 Å². The van der Waals surface area contributed by atoms with Crippen molar-refractivity contribution < 1.29 is 4.79 Å². The van der Waals surface area contributed by atoms with Gasteiger partial charge in [0.15, 0.2) is 0 Å². The molecule has 1 fully saturated rings. The van der Waals surface area contributed by atoms with E-state index >= 15 is 0 Å². The molecule has 0 radical (unpaired) electrons. The van der Waals surface area contributed by atoms with Gasteiger partial charge in [-0.15, -0.1) is 11.6 Å². The molecule has 4 heteroatoms. The third kappa shape index (κ3) is 2.07. The standard InChI is InChI=1S/C7H13ClN2O/c1-6-5-9-2-3-10(6)7(11)4-8/h6,9H,2-5H2,1H3.